The molecule has 0 aromatic carbocycles. The van der Waals surface area contributed by atoms with Crippen LogP contribution >= 0.6 is 11.3 Å². The van der Waals surface area contributed by atoms with Gasteiger partial charge in [0.1, 0.15) is 4.88 Å². The summed E-state index contributed by atoms with van der Waals surface area (Å²) in [5.74, 6) is 3.80. The van der Waals surface area contributed by atoms with E-state index in [2.05, 4.69) is 22.1 Å². The SMILES string of the molecule is CC#CCNC(=O)c1cnc(C(=O)O)s1. The van der Waals surface area contributed by atoms with Crippen LogP contribution in [-0.4, -0.2) is 28.5 Å². The van der Waals surface area contributed by atoms with Crippen LogP contribution in [0.5, 0.6) is 0 Å². The third-order valence-electron chi connectivity index (χ3n) is 1.43. The molecule has 1 aromatic heterocycles. The highest BCUT2D eigenvalue weighted by atomic mass is 32.1. The number of aromatic carboxylic acids is 1. The quantitative estimate of drug-likeness (QED) is 0.737. The van der Waals surface area contributed by atoms with Crippen LogP contribution in [0, 0.1) is 11.8 Å². The second-order valence-corrected chi connectivity index (χ2v) is 3.47. The van der Waals surface area contributed by atoms with Crippen molar-refractivity contribution in [1.82, 2.24) is 10.3 Å². The summed E-state index contributed by atoms with van der Waals surface area (Å²) in [6.45, 7) is 1.91. The van der Waals surface area contributed by atoms with Gasteiger partial charge in [0, 0.05) is 0 Å². The molecule has 0 fully saturated rings. The zero-order valence-electron chi connectivity index (χ0n) is 7.90. The summed E-state index contributed by atoms with van der Waals surface area (Å²) in [6, 6.07) is 0. The van der Waals surface area contributed by atoms with Gasteiger partial charge in [-0.15, -0.1) is 17.3 Å². The van der Waals surface area contributed by atoms with Gasteiger partial charge < -0.3 is 10.4 Å². The molecule has 0 saturated carbocycles. The second-order valence-electron chi connectivity index (χ2n) is 2.44. The molecule has 0 unspecified atom stereocenters. The molecule has 5 nitrogen and oxygen atoms in total. The van der Waals surface area contributed by atoms with Crippen LogP contribution in [0.4, 0.5) is 0 Å². The molecule has 15 heavy (non-hydrogen) atoms. The van der Waals surface area contributed by atoms with Gasteiger partial charge in [0.05, 0.1) is 12.7 Å². The van der Waals surface area contributed by atoms with E-state index in [0.717, 1.165) is 11.3 Å². The fourth-order valence-electron chi connectivity index (χ4n) is 0.778. The standard InChI is InChI=1S/C9H8N2O3S/c1-2-3-4-10-7(12)6-5-11-8(15-6)9(13)14/h5H,4H2,1H3,(H,10,12)(H,13,14). The van der Waals surface area contributed by atoms with Crippen LogP contribution < -0.4 is 5.32 Å². The van der Waals surface area contributed by atoms with Gasteiger partial charge in [0.25, 0.3) is 5.91 Å². The van der Waals surface area contributed by atoms with E-state index in [1.807, 2.05) is 0 Å². The van der Waals surface area contributed by atoms with Gasteiger partial charge in [0.2, 0.25) is 5.01 Å². The van der Waals surface area contributed by atoms with E-state index < -0.39 is 5.97 Å². The number of aromatic nitrogens is 1. The Kier molecular flexibility index (Phi) is 3.83. The molecular weight excluding hydrogens is 216 g/mol. The number of carbonyl (C=O) groups excluding carboxylic acids is 1. The van der Waals surface area contributed by atoms with Gasteiger partial charge in [-0.3, -0.25) is 4.79 Å². The Hall–Kier alpha value is -1.87. The van der Waals surface area contributed by atoms with Crippen molar-refractivity contribution in [2.24, 2.45) is 0 Å². The first kappa shape index (κ1) is 11.2. The van der Waals surface area contributed by atoms with E-state index in [1.54, 1.807) is 6.92 Å². The fraction of sp³-hybridized carbons (Fsp3) is 0.222. The molecule has 0 atom stereocenters. The minimum Gasteiger partial charge on any atom is -0.476 e. The summed E-state index contributed by atoms with van der Waals surface area (Å²) < 4.78 is 0. The molecule has 0 saturated heterocycles. The smallest absolute Gasteiger partial charge is 0.365 e. The lowest BCUT2D eigenvalue weighted by molar-refractivity contribution is 0.0696. The number of amides is 1. The zero-order chi connectivity index (χ0) is 11.3. The lowest BCUT2D eigenvalue weighted by Crippen LogP contribution is -2.22. The Bertz CT molecular complexity index is 442. The number of hydrogen-bond acceptors (Lipinski definition) is 4. The lowest BCUT2D eigenvalue weighted by atomic mass is 10.5. The Labute approximate surface area is 90.1 Å². The molecule has 0 spiro atoms. The van der Waals surface area contributed by atoms with E-state index in [0.29, 0.717) is 0 Å². The minimum absolute atomic E-state index is 0.0956. The molecule has 0 aliphatic rings. The second kappa shape index (κ2) is 5.12. The van der Waals surface area contributed by atoms with Crippen molar-refractivity contribution >= 4 is 23.2 Å². The highest BCUT2D eigenvalue weighted by Crippen LogP contribution is 2.12. The van der Waals surface area contributed by atoms with Gasteiger partial charge in [-0.25, -0.2) is 9.78 Å². The maximum atomic E-state index is 11.4. The summed E-state index contributed by atoms with van der Waals surface area (Å²) in [5, 5.41) is 11.0. The maximum absolute atomic E-state index is 11.4. The van der Waals surface area contributed by atoms with Crippen molar-refractivity contribution in [2.75, 3.05) is 6.54 Å². The van der Waals surface area contributed by atoms with E-state index in [-0.39, 0.29) is 22.3 Å². The molecule has 0 radical (unpaired) electrons. The molecule has 1 amide bonds. The van der Waals surface area contributed by atoms with E-state index in [4.69, 9.17) is 5.11 Å². The Morgan fingerprint density at radius 3 is 2.93 bits per heavy atom. The summed E-state index contributed by atoms with van der Waals surface area (Å²) in [6.07, 6.45) is 1.24. The van der Waals surface area contributed by atoms with Crippen LogP contribution in [0.2, 0.25) is 0 Å². The van der Waals surface area contributed by atoms with Crippen LogP contribution in [0.15, 0.2) is 6.20 Å². The summed E-state index contributed by atoms with van der Waals surface area (Å²) in [7, 11) is 0. The first-order chi connectivity index (χ1) is 7.15. The number of nitrogens with one attached hydrogen (secondary N) is 1. The molecule has 1 rings (SSSR count). The van der Waals surface area contributed by atoms with E-state index >= 15 is 0 Å². The van der Waals surface area contributed by atoms with Gasteiger partial charge >= 0.3 is 5.97 Å². The van der Waals surface area contributed by atoms with Crippen molar-refractivity contribution in [3.05, 3.63) is 16.1 Å². The van der Waals surface area contributed by atoms with Crippen molar-refractivity contribution in [3.63, 3.8) is 0 Å². The predicted molar refractivity (Wildman–Crippen MR) is 54.9 cm³/mol. The molecule has 0 aliphatic heterocycles. The fourth-order valence-corrected chi connectivity index (χ4v) is 1.45. The number of rotatable bonds is 3. The number of carboxylic acid groups (broad SMARTS) is 1. The molecule has 6 heteroatoms. The third-order valence-corrected chi connectivity index (χ3v) is 2.41. The number of nitrogens with zero attached hydrogens (tertiary/aromatic N) is 1. The van der Waals surface area contributed by atoms with Gasteiger partial charge in [-0.2, -0.15) is 0 Å². The molecule has 1 aromatic rings. The highest BCUT2D eigenvalue weighted by Gasteiger charge is 2.13. The topological polar surface area (TPSA) is 79.3 Å². The molecule has 0 bridgehead atoms. The predicted octanol–water partition coefficient (Wildman–Crippen LogP) is 0.594. The van der Waals surface area contributed by atoms with E-state index in [1.165, 1.54) is 6.20 Å². The van der Waals surface area contributed by atoms with Gasteiger partial charge in [-0.1, -0.05) is 5.92 Å². The molecule has 2 N–H and O–H groups in total. The average Bonchev–Trinajstić information content (AvgIpc) is 2.66. The Morgan fingerprint density at radius 1 is 1.67 bits per heavy atom. The third kappa shape index (κ3) is 3.07. The number of hydrogen-bond donors (Lipinski definition) is 2. The average molecular weight is 224 g/mol. The van der Waals surface area contributed by atoms with Crippen LogP contribution in [0.3, 0.4) is 0 Å². The van der Waals surface area contributed by atoms with Crippen LogP contribution in [0.1, 0.15) is 26.4 Å². The highest BCUT2D eigenvalue weighted by molar-refractivity contribution is 7.15. The van der Waals surface area contributed by atoms with Crippen molar-refractivity contribution < 1.29 is 14.7 Å². The number of carboxylic acids is 1. The van der Waals surface area contributed by atoms with Crippen molar-refractivity contribution in [1.29, 1.82) is 0 Å². The zero-order valence-corrected chi connectivity index (χ0v) is 8.72. The van der Waals surface area contributed by atoms with Crippen LogP contribution in [-0.2, 0) is 0 Å². The lowest BCUT2D eigenvalue weighted by Gasteiger charge is -1.95. The molecule has 0 aliphatic carbocycles. The van der Waals surface area contributed by atoms with Gasteiger partial charge in [-0.05, 0) is 6.92 Å². The number of carbonyl (C=O) groups is 2. The van der Waals surface area contributed by atoms with Crippen molar-refractivity contribution in [2.45, 2.75) is 6.92 Å². The molecular formula is C9H8N2O3S. The van der Waals surface area contributed by atoms with Gasteiger partial charge in [0.15, 0.2) is 0 Å². The monoisotopic (exact) mass is 224 g/mol. The first-order valence-electron chi connectivity index (χ1n) is 4.02. The molecule has 1 heterocycles. The van der Waals surface area contributed by atoms with Crippen molar-refractivity contribution in [3.8, 4) is 11.8 Å². The number of thiazole rings is 1. The maximum Gasteiger partial charge on any atom is 0.365 e. The summed E-state index contributed by atoms with van der Waals surface area (Å²) >= 11 is 0.836. The molecule has 78 valence electrons. The minimum atomic E-state index is -1.13. The normalized spacial score (nSPS) is 8.87. The first-order valence-corrected chi connectivity index (χ1v) is 4.83. The largest absolute Gasteiger partial charge is 0.476 e. The summed E-state index contributed by atoms with van der Waals surface area (Å²) in [4.78, 5) is 25.7. The van der Waals surface area contributed by atoms with E-state index in [9.17, 15) is 9.59 Å². The summed E-state index contributed by atoms with van der Waals surface area (Å²) in [5.41, 5.74) is 0. The van der Waals surface area contributed by atoms with Crippen LogP contribution in [0.25, 0.3) is 0 Å². The Balaban J connectivity index is 2.64. The Morgan fingerprint density at radius 2 is 2.40 bits per heavy atom.